The molecule has 332 valence electrons. The highest BCUT2D eigenvalue weighted by Crippen LogP contribution is 2.29. The molecule has 1 rings (SSSR count). The highest BCUT2D eigenvalue weighted by Gasteiger charge is 2.41. The minimum atomic E-state index is -0.675. The van der Waals surface area contributed by atoms with Gasteiger partial charge in [-0.25, -0.2) is 4.79 Å². The van der Waals surface area contributed by atoms with Crippen LogP contribution in [0.4, 0.5) is 4.79 Å². The number of rotatable bonds is 39. The second-order valence-corrected chi connectivity index (χ2v) is 16.1. The number of esters is 2. The van der Waals surface area contributed by atoms with E-state index < -0.39 is 30.7 Å². The zero-order valence-electron chi connectivity index (χ0n) is 37.2. The van der Waals surface area contributed by atoms with Gasteiger partial charge in [-0.15, -0.1) is 0 Å². The highest BCUT2D eigenvalue weighted by molar-refractivity contribution is 5.71. The molecule has 0 aromatic heterocycles. The predicted molar refractivity (Wildman–Crippen MR) is 233 cm³/mol. The number of amides is 1. The van der Waals surface area contributed by atoms with Crippen LogP contribution in [0.5, 0.6) is 0 Å². The average Bonchev–Trinajstić information content (AvgIpc) is 3.56. The first kappa shape index (κ1) is 52.6. The molecule has 1 aliphatic carbocycles. The second-order valence-electron chi connectivity index (χ2n) is 16.1. The first-order valence-electron chi connectivity index (χ1n) is 23.8. The Morgan fingerprint density at radius 2 is 0.982 bits per heavy atom. The van der Waals surface area contributed by atoms with Crippen molar-refractivity contribution in [3.05, 3.63) is 24.3 Å². The monoisotopic (exact) mass is 806 g/mol. The third kappa shape index (κ3) is 32.2. The summed E-state index contributed by atoms with van der Waals surface area (Å²) in [5.74, 6) is -0.690. The maximum absolute atomic E-state index is 13.2. The molecule has 0 aliphatic heterocycles. The van der Waals surface area contributed by atoms with Gasteiger partial charge in [-0.3, -0.25) is 9.59 Å². The summed E-state index contributed by atoms with van der Waals surface area (Å²) >= 11 is 0. The maximum Gasteiger partial charge on any atom is 0.407 e. The molecule has 0 bridgehead atoms. The van der Waals surface area contributed by atoms with Crippen molar-refractivity contribution >= 4 is 18.0 Å². The summed E-state index contributed by atoms with van der Waals surface area (Å²) in [5, 5.41) is 2.78. The summed E-state index contributed by atoms with van der Waals surface area (Å²) in [7, 11) is 0. The van der Waals surface area contributed by atoms with Crippen LogP contribution in [0.3, 0.4) is 0 Å². The van der Waals surface area contributed by atoms with E-state index >= 15 is 0 Å². The molecule has 57 heavy (non-hydrogen) atoms. The molecular weight excluding hydrogens is 719 g/mol. The molecule has 3 unspecified atom stereocenters. The molecule has 0 spiro atoms. The lowest BCUT2D eigenvalue weighted by atomic mass is 10.1. The lowest BCUT2D eigenvalue weighted by Gasteiger charge is -2.21. The molecule has 3 atom stereocenters. The van der Waals surface area contributed by atoms with Gasteiger partial charge in [0.05, 0.1) is 6.42 Å². The largest absolute Gasteiger partial charge is 0.458 e. The Morgan fingerprint density at radius 1 is 0.526 bits per heavy atom. The van der Waals surface area contributed by atoms with Crippen LogP contribution < -0.4 is 5.32 Å². The normalized spacial score (nSPS) is 16.9. The molecule has 1 saturated carbocycles. The zero-order valence-corrected chi connectivity index (χ0v) is 37.2. The van der Waals surface area contributed by atoms with Gasteiger partial charge >= 0.3 is 18.0 Å². The van der Waals surface area contributed by atoms with E-state index in [9.17, 15) is 14.4 Å². The summed E-state index contributed by atoms with van der Waals surface area (Å²) in [6.07, 6.45) is 35.9. The van der Waals surface area contributed by atoms with Crippen molar-refractivity contribution in [2.45, 2.75) is 245 Å². The smallest absolute Gasteiger partial charge is 0.407 e. The van der Waals surface area contributed by atoms with Crippen LogP contribution in [0, 0.1) is 0 Å². The molecule has 0 saturated heterocycles. The molecule has 0 radical (unpaired) electrons. The third-order valence-electron chi connectivity index (χ3n) is 10.6. The van der Waals surface area contributed by atoms with Crippen LogP contribution >= 0.6 is 0 Å². The van der Waals surface area contributed by atoms with Crippen molar-refractivity contribution in [3.8, 4) is 0 Å². The first-order chi connectivity index (χ1) is 27.9. The number of hydrogen-bond donors (Lipinski definition) is 1. The first-order valence-corrected chi connectivity index (χ1v) is 23.8. The van der Waals surface area contributed by atoms with Crippen molar-refractivity contribution in [3.63, 3.8) is 0 Å². The Hall–Kier alpha value is -2.39. The number of unbranched alkanes of at least 4 members (excludes halogenated alkanes) is 19. The summed E-state index contributed by atoms with van der Waals surface area (Å²) in [6, 6.07) is 0. The average molecular weight is 806 g/mol. The van der Waals surface area contributed by atoms with Crippen LogP contribution in [-0.2, 0) is 33.3 Å². The summed E-state index contributed by atoms with van der Waals surface area (Å²) < 4.78 is 29.7. The van der Waals surface area contributed by atoms with E-state index in [2.05, 4.69) is 57.3 Å². The number of alkyl carbamates (subject to hydrolysis) is 1. The van der Waals surface area contributed by atoms with Crippen molar-refractivity contribution in [2.24, 2.45) is 0 Å². The van der Waals surface area contributed by atoms with Gasteiger partial charge in [0.15, 0.2) is 6.29 Å². The molecule has 0 aromatic rings. The second kappa shape index (κ2) is 39.1. The number of allylic oxidation sites excluding steroid dienone is 4. The van der Waals surface area contributed by atoms with Crippen LogP contribution in [0.1, 0.15) is 220 Å². The Labute approximate surface area is 349 Å². The fourth-order valence-electron chi connectivity index (χ4n) is 7.00. The fourth-order valence-corrected chi connectivity index (χ4v) is 7.00. The van der Waals surface area contributed by atoms with Crippen molar-refractivity contribution < 1.29 is 38.1 Å². The summed E-state index contributed by atoms with van der Waals surface area (Å²) in [5.41, 5.74) is 0. The van der Waals surface area contributed by atoms with Crippen molar-refractivity contribution in [2.75, 3.05) is 19.8 Å². The van der Waals surface area contributed by atoms with Gasteiger partial charge in [0.25, 0.3) is 0 Å². The van der Waals surface area contributed by atoms with Crippen LogP contribution in [0.2, 0.25) is 0 Å². The molecular formula is C48H87NO8. The number of nitrogens with one attached hydrogen (secondary N) is 1. The molecule has 1 amide bonds. The minimum absolute atomic E-state index is 0.129. The summed E-state index contributed by atoms with van der Waals surface area (Å²) in [4.78, 5) is 38.6. The van der Waals surface area contributed by atoms with Crippen LogP contribution in [0.15, 0.2) is 24.3 Å². The van der Waals surface area contributed by atoms with E-state index in [0.29, 0.717) is 45.4 Å². The van der Waals surface area contributed by atoms with Crippen LogP contribution in [0.25, 0.3) is 0 Å². The Kier molecular flexibility index (Phi) is 36.1. The minimum Gasteiger partial charge on any atom is -0.458 e. The molecule has 0 aromatic carbocycles. The molecule has 9 nitrogen and oxygen atoms in total. The van der Waals surface area contributed by atoms with E-state index in [-0.39, 0.29) is 18.4 Å². The van der Waals surface area contributed by atoms with Gasteiger partial charge in [0.2, 0.25) is 0 Å². The summed E-state index contributed by atoms with van der Waals surface area (Å²) in [6.45, 7) is 10.5. The van der Waals surface area contributed by atoms with Gasteiger partial charge < -0.3 is 29.0 Å². The third-order valence-corrected chi connectivity index (χ3v) is 10.6. The fraction of sp³-hybridized carbons (Fsp3) is 0.854. The van der Waals surface area contributed by atoms with E-state index in [1.807, 2.05) is 0 Å². The lowest BCUT2D eigenvalue weighted by Crippen LogP contribution is -2.31. The van der Waals surface area contributed by atoms with Crippen molar-refractivity contribution in [1.29, 1.82) is 0 Å². The van der Waals surface area contributed by atoms with Gasteiger partial charge in [-0.1, -0.05) is 155 Å². The highest BCUT2D eigenvalue weighted by atomic mass is 16.7. The standard InChI is InChI=1S/C48H87NO8/c1-5-9-13-16-19-20-21-22-23-24-25-26-27-28-31-34-45(50)56-43-40-42(55-48(52)49-37-12-8-4)41-44(43)57-46(51)35-36-47(53-38-32-29-17-14-10-6-2)54-39-33-30-18-15-11-7-3/h19-20,22-23,42-44,47H,5-18,21,24-41H2,1-4H3,(H,49,52)/b20-19-,23-22-. The molecule has 1 aliphatic rings. The topological polar surface area (TPSA) is 109 Å². The molecule has 1 fully saturated rings. The van der Waals surface area contributed by atoms with Gasteiger partial charge in [-0.05, 0) is 57.8 Å². The maximum atomic E-state index is 13.2. The van der Waals surface area contributed by atoms with E-state index in [1.165, 1.54) is 77.0 Å². The number of hydrogen-bond acceptors (Lipinski definition) is 8. The van der Waals surface area contributed by atoms with E-state index in [0.717, 1.165) is 83.5 Å². The zero-order chi connectivity index (χ0) is 41.4. The van der Waals surface area contributed by atoms with E-state index in [1.54, 1.807) is 0 Å². The van der Waals surface area contributed by atoms with Gasteiger partial charge in [-0.2, -0.15) is 0 Å². The Bertz CT molecular complexity index is 998. The number of carbonyl (C=O) groups is 3. The van der Waals surface area contributed by atoms with Gasteiger partial charge in [0, 0.05) is 45.4 Å². The molecule has 1 N–H and O–H groups in total. The quantitative estimate of drug-likeness (QED) is 0.0215. The lowest BCUT2D eigenvalue weighted by molar-refractivity contribution is -0.170. The SMILES string of the molecule is CCCCC/C=C\C/C=C\CCCCCCCC(=O)OC1CC(OC(=O)NCCCC)CC1OC(=O)CCC(OCCCCCCCC)OCCCCCCCC. The predicted octanol–water partition coefficient (Wildman–Crippen LogP) is 13.2. The van der Waals surface area contributed by atoms with Crippen molar-refractivity contribution in [1.82, 2.24) is 5.32 Å². The van der Waals surface area contributed by atoms with E-state index in [4.69, 9.17) is 23.7 Å². The Morgan fingerprint density at radius 3 is 1.54 bits per heavy atom. The van der Waals surface area contributed by atoms with Gasteiger partial charge in [0.1, 0.15) is 18.3 Å². The molecule has 0 heterocycles. The van der Waals surface area contributed by atoms with Crippen LogP contribution in [-0.4, -0.2) is 62.4 Å². The molecule has 9 heteroatoms. The number of carbonyl (C=O) groups excluding carboxylic acids is 3. The number of ether oxygens (including phenoxy) is 5. The Balaban J connectivity index is 2.58.